The molecule has 0 saturated carbocycles. The monoisotopic (exact) mass is 532 g/mol. The topological polar surface area (TPSA) is 102 Å². The average molecular weight is 533 g/mol. The Labute approximate surface area is 224 Å². The van der Waals surface area contributed by atoms with E-state index < -0.39 is 11.9 Å². The fourth-order valence-corrected chi connectivity index (χ4v) is 4.69. The Bertz CT molecular complexity index is 999. The van der Waals surface area contributed by atoms with Crippen LogP contribution in [-0.2, 0) is 28.5 Å². The summed E-state index contributed by atoms with van der Waals surface area (Å²) in [6, 6.07) is 15.0. The second-order valence-electron chi connectivity index (χ2n) is 9.04. The molecule has 3 saturated heterocycles. The van der Waals surface area contributed by atoms with E-state index >= 15 is 0 Å². The predicted molar refractivity (Wildman–Crippen MR) is 140 cm³/mol. The van der Waals surface area contributed by atoms with Crippen molar-refractivity contribution in [2.45, 2.75) is 57.2 Å². The Hall–Kier alpha value is -2.69. The largest absolute Gasteiger partial charge is 0.496 e. The van der Waals surface area contributed by atoms with E-state index in [-0.39, 0.29) is 32.2 Å². The molecule has 210 valence electrons. The molecule has 2 unspecified atom stereocenters. The van der Waals surface area contributed by atoms with Crippen LogP contribution >= 0.6 is 0 Å². The van der Waals surface area contributed by atoms with Crippen LogP contribution in [0.25, 0.3) is 0 Å². The van der Waals surface area contributed by atoms with E-state index in [9.17, 15) is 9.90 Å². The number of ether oxygens (including phenoxy) is 7. The highest BCUT2D eigenvalue weighted by molar-refractivity contribution is 5.79. The second-order valence-corrected chi connectivity index (χ2v) is 9.04. The summed E-state index contributed by atoms with van der Waals surface area (Å²) in [6.45, 7) is 2.51. The first-order valence-electron chi connectivity index (χ1n) is 12.7. The van der Waals surface area contributed by atoms with Gasteiger partial charge in [0.15, 0.2) is 6.10 Å². The molecule has 5 rings (SSSR count). The molecular formula is C29H40O9. The van der Waals surface area contributed by atoms with Gasteiger partial charge in [-0.2, -0.15) is 0 Å². The molecule has 0 aliphatic carbocycles. The Morgan fingerprint density at radius 3 is 2.18 bits per heavy atom. The fraction of sp³-hybridized carbons (Fsp3) is 0.552. The molecule has 3 heterocycles. The number of para-hydroxylation sites is 2. The number of hydrogen-bond acceptors (Lipinski definition) is 9. The lowest BCUT2D eigenvalue weighted by atomic mass is 10.1. The van der Waals surface area contributed by atoms with Gasteiger partial charge in [-0.15, -0.1) is 0 Å². The number of methoxy groups -OCH3 is 2. The minimum absolute atomic E-state index is 0. The number of rotatable bonds is 7. The molecule has 3 aliphatic rings. The molecule has 2 atom stereocenters. The van der Waals surface area contributed by atoms with E-state index in [0.717, 1.165) is 37.4 Å². The van der Waals surface area contributed by atoms with E-state index in [4.69, 9.17) is 33.2 Å². The smallest absolute Gasteiger partial charge is 0.342 e. The van der Waals surface area contributed by atoms with Crippen LogP contribution in [0.4, 0.5) is 0 Å². The summed E-state index contributed by atoms with van der Waals surface area (Å²) in [4.78, 5) is 12.1. The number of esters is 1. The third-order valence-corrected chi connectivity index (χ3v) is 6.69. The van der Waals surface area contributed by atoms with Gasteiger partial charge in [0, 0.05) is 37.2 Å². The normalized spacial score (nSPS) is 21.4. The maximum atomic E-state index is 12.1. The van der Waals surface area contributed by atoms with Crippen LogP contribution in [0.3, 0.4) is 0 Å². The first-order chi connectivity index (χ1) is 18.1. The van der Waals surface area contributed by atoms with Gasteiger partial charge in [0.25, 0.3) is 0 Å². The Morgan fingerprint density at radius 1 is 0.921 bits per heavy atom. The van der Waals surface area contributed by atoms with Gasteiger partial charge in [0.1, 0.15) is 17.6 Å². The van der Waals surface area contributed by atoms with Crippen LogP contribution in [0, 0.1) is 0 Å². The number of hydrogen-bond donors (Lipinski definition) is 1. The Balaban J connectivity index is 0.000000206. The molecule has 2 aromatic rings. The quantitative estimate of drug-likeness (QED) is 0.521. The van der Waals surface area contributed by atoms with Crippen molar-refractivity contribution in [2.24, 2.45) is 0 Å². The molecule has 2 aromatic carbocycles. The zero-order chi connectivity index (χ0) is 26.1. The third-order valence-electron chi connectivity index (χ3n) is 6.69. The highest BCUT2D eigenvalue weighted by Crippen LogP contribution is 2.42. The molecule has 0 amide bonds. The molecule has 3 aliphatic heterocycles. The molecule has 9 nitrogen and oxygen atoms in total. The fourth-order valence-electron chi connectivity index (χ4n) is 4.69. The number of carbonyl (C=O) groups excluding carboxylic acids is 1. The van der Waals surface area contributed by atoms with Crippen LogP contribution in [0.1, 0.15) is 56.4 Å². The van der Waals surface area contributed by atoms with E-state index in [1.807, 2.05) is 42.5 Å². The van der Waals surface area contributed by atoms with Gasteiger partial charge in [-0.3, -0.25) is 0 Å². The maximum absolute atomic E-state index is 12.1. The summed E-state index contributed by atoms with van der Waals surface area (Å²) in [7, 11) is 3.20. The zero-order valence-corrected chi connectivity index (χ0v) is 21.4. The van der Waals surface area contributed by atoms with Crippen molar-refractivity contribution in [1.82, 2.24) is 0 Å². The molecule has 0 aromatic heterocycles. The number of aliphatic hydroxyl groups is 1. The predicted octanol–water partition coefficient (Wildman–Crippen LogP) is 4.38. The van der Waals surface area contributed by atoms with E-state index in [2.05, 4.69) is 0 Å². The van der Waals surface area contributed by atoms with E-state index in [1.165, 1.54) is 0 Å². The lowest BCUT2D eigenvalue weighted by Gasteiger charge is -2.30. The van der Waals surface area contributed by atoms with Gasteiger partial charge < -0.3 is 38.3 Å². The zero-order valence-electron chi connectivity index (χ0n) is 21.4. The molecule has 9 heteroatoms. The van der Waals surface area contributed by atoms with Crippen molar-refractivity contribution in [1.29, 1.82) is 0 Å². The number of aliphatic hydroxyl groups excluding tert-OH is 1. The molecular weight excluding hydrogens is 492 g/mol. The van der Waals surface area contributed by atoms with Gasteiger partial charge in [0.2, 0.25) is 5.79 Å². The molecule has 0 bridgehead atoms. The van der Waals surface area contributed by atoms with E-state index in [1.54, 1.807) is 20.3 Å². The third kappa shape index (κ3) is 7.24. The van der Waals surface area contributed by atoms with Crippen molar-refractivity contribution < 1.29 is 43.1 Å². The van der Waals surface area contributed by atoms with Gasteiger partial charge in [-0.25, -0.2) is 4.79 Å². The SMILES string of the molecule is C.COc1ccccc1C(CO)OC1CCOCC1.COc1ccccc1C1OC2(CCOCC2)OC1=O. The van der Waals surface area contributed by atoms with Gasteiger partial charge in [0.05, 0.1) is 40.1 Å². The summed E-state index contributed by atoms with van der Waals surface area (Å²) in [6.07, 6.45) is 2.02. The van der Waals surface area contributed by atoms with Gasteiger partial charge in [-0.05, 0) is 25.0 Å². The summed E-state index contributed by atoms with van der Waals surface area (Å²) in [5.41, 5.74) is 1.60. The maximum Gasteiger partial charge on any atom is 0.342 e. The van der Waals surface area contributed by atoms with Crippen molar-refractivity contribution in [3.05, 3.63) is 59.7 Å². The van der Waals surface area contributed by atoms with Gasteiger partial charge in [-0.1, -0.05) is 43.8 Å². The first-order valence-corrected chi connectivity index (χ1v) is 12.7. The lowest BCUT2D eigenvalue weighted by Crippen LogP contribution is -2.37. The molecule has 3 fully saturated rings. The van der Waals surface area contributed by atoms with E-state index in [0.29, 0.717) is 37.4 Å². The summed E-state index contributed by atoms with van der Waals surface area (Å²) in [5, 5.41) is 9.52. The summed E-state index contributed by atoms with van der Waals surface area (Å²) in [5.74, 6) is 0.212. The Morgan fingerprint density at radius 2 is 1.53 bits per heavy atom. The standard InChI is InChI=1S/C14H16O5.C14H20O4.CH4/c1-16-11-5-3-2-4-10(11)12-13(15)19-14(18-12)6-8-17-9-7-14;1-16-13-5-3-2-4-12(13)14(10-15)18-11-6-8-17-9-7-11;/h2-5,12H,6-9H2,1H3;2-5,11,14-15H,6-10H2,1H3;1H4. The van der Waals surface area contributed by atoms with Crippen molar-refractivity contribution in [3.63, 3.8) is 0 Å². The Kier molecular flexibility index (Phi) is 11.4. The minimum Gasteiger partial charge on any atom is -0.496 e. The molecule has 0 radical (unpaired) electrons. The lowest BCUT2D eigenvalue weighted by molar-refractivity contribution is -0.212. The molecule has 1 N–H and O–H groups in total. The average Bonchev–Trinajstić information content (AvgIpc) is 3.27. The van der Waals surface area contributed by atoms with Crippen molar-refractivity contribution >= 4 is 5.97 Å². The number of carbonyl (C=O) groups is 1. The molecule has 38 heavy (non-hydrogen) atoms. The summed E-state index contributed by atoms with van der Waals surface area (Å²) >= 11 is 0. The van der Waals surface area contributed by atoms with Crippen LogP contribution in [0.15, 0.2) is 48.5 Å². The first kappa shape index (κ1) is 29.9. The van der Waals surface area contributed by atoms with Crippen LogP contribution < -0.4 is 9.47 Å². The highest BCUT2D eigenvalue weighted by Gasteiger charge is 2.50. The van der Waals surface area contributed by atoms with Crippen LogP contribution in [0.5, 0.6) is 11.5 Å². The highest BCUT2D eigenvalue weighted by atomic mass is 16.8. The second kappa shape index (κ2) is 14.5. The minimum atomic E-state index is -0.819. The van der Waals surface area contributed by atoms with Crippen molar-refractivity contribution in [3.8, 4) is 11.5 Å². The number of benzene rings is 2. The summed E-state index contributed by atoms with van der Waals surface area (Å²) < 4.78 is 38.5. The van der Waals surface area contributed by atoms with Crippen LogP contribution in [0.2, 0.25) is 0 Å². The van der Waals surface area contributed by atoms with Gasteiger partial charge >= 0.3 is 5.97 Å². The molecule has 1 spiro atoms. The van der Waals surface area contributed by atoms with Crippen molar-refractivity contribution in [2.75, 3.05) is 47.3 Å². The van der Waals surface area contributed by atoms with Crippen LogP contribution in [-0.4, -0.2) is 70.2 Å².